The number of amides is 1. The third-order valence-electron chi connectivity index (χ3n) is 3.60. The molecular weight excluding hydrogens is 372 g/mol. The summed E-state index contributed by atoms with van der Waals surface area (Å²) in [4.78, 5) is 11.7. The average molecular weight is 397 g/mol. The van der Waals surface area contributed by atoms with Gasteiger partial charge in [-0.3, -0.25) is 4.79 Å². The Kier molecular flexibility index (Phi) is 6.85. The molecule has 1 aromatic carbocycles. The van der Waals surface area contributed by atoms with Crippen molar-refractivity contribution in [3.8, 4) is 0 Å². The van der Waals surface area contributed by atoms with Gasteiger partial charge < -0.3 is 5.32 Å². The lowest BCUT2D eigenvalue weighted by Gasteiger charge is -2.20. The summed E-state index contributed by atoms with van der Waals surface area (Å²) >= 11 is 0.837. The van der Waals surface area contributed by atoms with Crippen molar-refractivity contribution >= 4 is 32.4 Å². The smallest absolute Gasteiger partial charge is 0.270 e. The van der Waals surface area contributed by atoms with Gasteiger partial charge in [-0.2, -0.15) is 0 Å². The van der Waals surface area contributed by atoms with E-state index in [0.29, 0.717) is 12.3 Å². The van der Waals surface area contributed by atoms with Gasteiger partial charge >= 0.3 is 0 Å². The van der Waals surface area contributed by atoms with Crippen LogP contribution in [0.2, 0.25) is 0 Å². The van der Waals surface area contributed by atoms with Gasteiger partial charge in [0.15, 0.2) is 0 Å². The Hall–Kier alpha value is -1.84. The van der Waals surface area contributed by atoms with E-state index in [9.17, 15) is 13.2 Å². The molecule has 26 heavy (non-hydrogen) atoms. The number of hydrogen-bond donors (Lipinski definition) is 2. The van der Waals surface area contributed by atoms with E-state index < -0.39 is 10.0 Å². The molecule has 0 unspecified atom stereocenters. The molecule has 2 aromatic rings. The fourth-order valence-electron chi connectivity index (χ4n) is 2.27. The second-order valence-corrected chi connectivity index (χ2v) is 9.60. The first-order valence-electron chi connectivity index (χ1n) is 8.40. The van der Waals surface area contributed by atoms with Crippen LogP contribution in [-0.4, -0.2) is 24.5 Å². The minimum Gasteiger partial charge on any atom is -0.300 e. The summed E-state index contributed by atoms with van der Waals surface area (Å²) in [5.41, 5.74) is 0.891. The van der Waals surface area contributed by atoms with E-state index in [0.717, 1.165) is 16.9 Å². The highest BCUT2D eigenvalue weighted by atomic mass is 32.2. The van der Waals surface area contributed by atoms with E-state index in [1.807, 2.05) is 44.2 Å². The van der Waals surface area contributed by atoms with Crippen molar-refractivity contribution in [1.29, 1.82) is 0 Å². The van der Waals surface area contributed by atoms with Gasteiger partial charge in [0.1, 0.15) is 0 Å². The number of hydrogen-bond acceptors (Lipinski definition) is 6. The molecule has 0 saturated carbocycles. The van der Waals surface area contributed by atoms with E-state index >= 15 is 0 Å². The molecule has 0 radical (unpaired) electrons. The van der Waals surface area contributed by atoms with Crippen molar-refractivity contribution in [2.24, 2.45) is 11.8 Å². The highest BCUT2D eigenvalue weighted by Gasteiger charge is 2.26. The minimum atomic E-state index is -3.84. The summed E-state index contributed by atoms with van der Waals surface area (Å²) in [6.45, 7) is 7.56. The Morgan fingerprint density at radius 2 is 1.77 bits per heavy atom. The normalized spacial score (nSPS) is 13.2. The minimum absolute atomic E-state index is 0.166. The quantitative estimate of drug-likeness (QED) is 0.667. The average Bonchev–Trinajstić information content (AvgIpc) is 3.04. The van der Waals surface area contributed by atoms with Crippen LogP contribution in [0.3, 0.4) is 0 Å². The molecule has 0 bridgehead atoms. The predicted molar refractivity (Wildman–Crippen MR) is 102 cm³/mol. The van der Waals surface area contributed by atoms with Crippen LogP contribution >= 0.6 is 11.3 Å². The first-order valence-corrected chi connectivity index (χ1v) is 10.7. The molecule has 0 aliphatic rings. The van der Waals surface area contributed by atoms with Gasteiger partial charge in [-0.1, -0.05) is 69.4 Å². The van der Waals surface area contributed by atoms with Gasteiger partial charge in [0.2, 0.25) is 15.4 Å². The number of rotatable bonds is 8. The summed E-state index contributed by atoms with van der Waals surface area (Å²) in [5, 5.41) is 10.2. The SMILES string of the molecule is CC(C)C[C@@H](NS(=O)(=O)c1nnc(NC(=O)C(C)C)s1)c1ccccc1. The molecule has 142 valence electrons. The van der Waals surface area contributed by atoms with E-state index in [4.69, 9.17) is 0 Å². The highest BCUT2D eigenvalue weighted by molar-refractivity contribution is 7.91. The van der Waals surface area contributed by atoms with E-state index in [2.05, 4.69) is 20.2 Å². The van der Waals surface area contributed by atoms with Crippen LogP contribution in [0.5, 0.6) is 0 Å². The van der Waals surface area contributed by atoms with Gasteiger partial charge in [0.25, 0.3) is 10.0 Å². The first kappa shape index (κ1) is 20.5. The van der Waals surface area contributed by atoms with Gasteiger partial charge in [0.05, 0.1) is 0 Å². The largest absolute Gasteiger partial charge is 0.300 e. The van der Waals surface area contributed by atoms with Crippen molar-refractivity contribution in [1.82, 2.24) is 14.9 Å². The summed E-state index contributed by atoms with van der Waals surface area (Å²) in [7, 11) is -3.84. The fraction of sp³-hybridized carbons (Fsp3) is 0.471. The molecular formula is C17H24N4O3S2. The molecule has 2 N–H and O–H groups in total. The van der Waals surface area contributed by atoms with Gasteiger partial charge in [-0.15, -0.1) is 10.2 Å². The lowest BCUT2D eigenvalue weighted by molar-refractivity contribution is -0.118. The zero-order valence-electron chi connectivity index (χ0n) is 15.3. The zero-order valence-corrected chi connectivity index (χ0v) is 16.9. The van der Waals surface area contributed by atoms with Gasteiger partial charge in [0, 0.05) is 12.0 Å². The van der Waals surface area contributed by atoms with E-state index in [1.54, 1.807) is 13.8 Å². The molecule has 1 aromatic heterocycles. The molecule has 2 rings (SSSR count). The summed E-state index contributed by atoms with van der Waals surface area (Å²) in [6.07, 6.45) is 0.652. The van der Waals surface area contributed by atoms with Gasteiger partial charge in [-0.05, 0) is 17.9 Å². The maximum atomic E-state index is 12.7. The summed E-state index contributed by atoms with van der Waals surface area (Å²) in [6, 6.07) is 9.06. The Morgan fingerprint density at radius 3 is 2.35 bits per heavy atom. The highest BCUT2D eigenvalue weighted by Crippen LogP contribution is 2.26. The first-order chi connectivity index (χ1) is 12.2. The third kappa shape index (κ3) is 5.58. The second-order valence-electron chi connectivity index (χ2n) is 6.73. The number of sulfonamides is 1. The molecule has 1 heterocycles. The van der Waals surface area contributed by atoms with Crippen LogP contribution in [0.15, 0.2) is 34.7 Å². The molecule has 1 amide bonds. The number of carbonyl (C=O) groups excluding carboxylic acids is 1. The predicted octanol–water partition coefficient (Wildman–Crippen LogP) is 3.20. The van der Waals surface area contributed by atoms with E-state index in [1.165, 1.54) is 0 Å². The number of nitrogens with zero attached hydrogens (tertiary/aromatic N) is 2. The number of aromatic nitrogens is 2. The van der Waals surface area contributed by atoms with Crippen LogP contribution in [0.1, 0.15) is 45.7 Å². The molecule has 1 atom stereocenters. The fourth-order valence-corrected chi connectivity index (χ4v) is 4.42. The van der Waals surface area contributed by atoms with Crippen molar-refractivity contribution in [2.75, 3.05) is 5.32 Å². The standard InChI is InChI=1S/C17H24N4O3S2/c1-11(2)10-14(13-8-6-5-7-9-13)21-26(23,24)17-20-19-16(25-17)18-15(22)12(3)4/h5-9,11-12,14,21H,10H2,1-4H3,(H,18,19,22)/t14-/m1/s1. The van der Waals surface area contributed by atoms with Crippen molar-refractivity contribution in [3.05, 3.63) is 35.9 Å². The lowest BCUT2D eigenvalue weighted by Crippen LogP contribution is -2.29. The van der Waals surface area contributed by atoms with Crippen LogP contribution in [0, 0.1) is 11.8 Å². The Morgan fingerprint density at radius 1 is 1.12 bits per heavy atom. The van der Waals surface area contributed by atoms with Crippen molar-refractivity contribution in [2.45, 2.75) is 44.5 Å². The summed E-state index contributed by atoms with van der Waals surface area (Å²) in [5.74, 6) is -0.163. The molecule has 9 heteroatoms. The maximum Gasteiger partial charge on any atom is 0.270 e. The van der Waals surface area contributed by atoms with Crippen LogP contribution in [0.25, 0.3) is 0 Å². The molecule has 0 aliphatic heterocycles. The summed E-state index contributed by atoms with van der Waals surface area (Å²) < 4.78 is 28.0. The van der Waals surface area contributed by atoms with Crippen LogP contribution in [-0.2, 0) is 14.8 Å². The Labute approximate surface area is 158 Å². The number of carbonyl (C=O) groups is 1. The van der Waals surface area contributed by atoms with Crippen molar-refractivity contribution in [3.63, 3.8) is 0 Å². The van der Waals surface area contributed by atoms with Gasteiger partial charge in [-0.25, -0.2) is 13.1 Å². The topological polar surface area (TPSA) is 101 Å². The molecule has 0 saturated heterocycles. The zero-order chi connectivity index (χ0) is 19.3. The van der Waals surface area contributed by atoms with Crippen LogP contribution in [0.4, 0.5) is 5.13 Å². The number of anilines is 1. The van der Waals surface area contributed by atoms with Crippen molar-refractivity contribution < 1.29 is 13.2 Å². The third-order valence-corrected chi connectivity index (χ3v) is 6.28. The molecule has 0 fully saturated rings. The second kappa shape index (κ2) is 8.70. The number of benzene rings is 1. The molecule has 7 nitrogen and oxygen atoms in total. The lowest BCUT2D eigenvalue weighted by atomic mass is 9.98. The molecule has 0 aliphatic carbocycles. The van der Waals surface area contributed by atoms with E-state index in [-0.39, 0.29) is 27.3 Å². The maximum absolute atomic E-state index is 12.7. The van der Waals surface area contributed by atoms with Crippen LogP contribution < -0.4 is 10.0 Å². The monoisotopic (exact) mass is 396 g/mol. The Bertz CT molecular complexity index is 833. The number of nitrogens with one attached hydrogen (secondary N) is 2. The Balaban J connectivity index is 2.20. The molecule has 0 spiro atoms.